The Labute approximate surface area is 112 Å². The zero-order chi connectivity index (χ0) is 13.8. The topological polar surface area (TPSA) is 119 Å². The lowest BCUT2D eigenvalue weighted by atomic mass is 10.3. The molecule has 2 aromatic heterocycles. The van der Waals surface area contributed by atoms with Crippen molar-refractivity contribution in [3.63, 3.8) is 0 Å². The lowest BCUT2D eigenvalue weighted by Crippen LogP contribution is -2.11. The van der Waals surface area contributed by atoms with E-state index in [1.807, 2.05) is 12.3 Å². The largest absolute Gasteiger partial charge is 0.358 e. The molecule has 0 saturated heterocycles. The molecule has 2 aromatic rings. The summed E-state index contributed by atoms with van der Waals surface area (Å²) in [5.41, 5.74) is 3.16. The Balaban J connectivity index is 2.19. The average Bonchev–Trinajstić information content (AvgIpc) is 2.81. The number of nitrogen functional groups attached to an aromatic ring is 1. The van der Waals surface area contributed by atoms with Crippen LogP contribution in [0.25, 0.3) is 0 Å². The van der Waals surface area contributed by atoms with Crippen LogP contribution in [0.15, 0.2) is 17.5 Å². The van der Waals surface area contributed by atoms with Crippen LogP contribution in [-0.4, -0.2) is 14.9 Å². The number of aromatic nitrogens is 2. The minimum absolute atomic E-state index is 0.104. The molecule has 0 spiro atoms. The summed E-state index contributed by atoms with van der Waals surface area (Å²) >= 11 is 1.48. The van der Waals surface area contributed by atoms with Gasteiger partial charge in [0.05, 0.1) is 11.5 Å². The lowest BCUT2D eigenvalue weighted by molar-refractivity contribution is -0.384. The molecule has 0 atom stereocenters. The maximum absolute atomic E-state index is 10.9. The maximum atomic E-state index is 10.9. The number of aryl methyl sites for hydroxylation is 1. The van der Waals surface area contributed by atoms with E-state index in [4.69, 9.17) is 5.84 Å². The summed E-state index contributed by atoms with van der Waals surface area (Å²) in [6.45, 7) is 2.26. The predicted octanol–water partition coefficient (Wildman–Crippen LogP) is 1.65. The minimum Gasteiger partial charge on any atom is -0.358 e. The van der Waals surface area contributed by atoms with Crippen LogP contribution in [0.3, 0.4) is 0 Å². The Hall–Kier alpha value is -2.26. The van der Waals surface area contributed by atoms with Crippen molar-refractivity contribution < 1.29 is 4.92 Å². The standard InChI is InChI=1S/C10H12N6O2S/c1-6-5-19-9(13-6)4-12-10-7(16(17)18)2-3-8(14-10)15-11/h2-3,5H,4,11H2,1H3,(H2,12,14,15). The molecule has 0 aliphatic rings. The molecule has 0 aliphatic heterocycles. The monoisotopic (exact) mass is 280 g/mol. The van der Waals surface area contributed by atoms with Crippen molar-refractivity contribution in [1.82, 2.24) is 9.97 Å². The molecule has 0 saturated carbocycles. The Kier molecular flexibility index (Phi) is 3.88. The maximum Gasteiger partial charge on any atom is 0.311 e. The molecule has 9 heteroatoms. The van der Waals surface area contributed by atoms with E-state index >= 15 is 0 Å². The number of thiazole rings is 1. The first-order valence-corrected chi connectivity index (χ1v) is 6.25. The summed E-state index contributed by atoms with van der Waals surface area (Å²) in [6, 6.07) is 2.79. The van der Waals surface area contributed by atoms with E-state index in [-0.39, 0.29) is 11.5 Å². The summed E-state index contributed by atoms with van der Waals surface area (Å²) in [5, 5.41) is 16.5. The summed E-state index contributed by atoms with van der Waals surface area (Å²) in [4.78, 5) is 18.7. The second-order valence-corrected chi connectivity index (χ2v) is 4.64. The van der Waals surface area contributed by atoms with Crippen LogP contribution in [0.2, 0.25) is 0 Å². The molecule has 4 N–H and O–H groups in total. The van der Waals surface area contributed by atoms with Crippen LogP contribution >= 0.6 is 11.3 Å². The molecule has 8 nitrogen and oxygen atoms in total. The molecular formula is C10H12N6O2S. The molecule has 0 fully saturated rings. The first-order chi connectivity index (χ1) is 9.10. The highest BCUT2D eigenvalue weighted by Gasteiger charge is 2.16. The summed E-state index contributed by atoms with van der Waals surface area (Å²) in [5.74, 6) is 5.75. The third-order valence-electron chi connectivity index (χ3n) is 2.29. The molecule has 0 unspecified atom stereocenters. The van der Waals surface area contributed by atoms with E-state index in [1.54, 1.807) is 0 Å². The smallest absolute Gasteiger partial charge is 0.311 e. The zero-order valence-corrected chi connectivity index (χ0v) is 10.9. The molecular weight excluding hydrogens is 268 g/mol. The highest BCUT2D eigenvalue weighted by molar-refractivity contribution is 7.09. The number of hydrazine groups is 1. The normalized spacial score (nSPS) is 10.2. The molecule has 0 aliphatic carbocycles. The first-order valence-electron chi connectivity index (χ1n) is 5.37. The molecule has 0 radical (unpaired) electrons. The Morgan fingerprint density at radius 2 is 2.26 bits per heavy atom. The number of pyridine rings is 1. The minimum atomic E-state index is -0.497. The fourth-order valence-corrected chi connectivity index (χ4v) is 2.16. The van der Waals surface area contributed by atoms with E-state index in [0.717, 1.165) is 10.7 Å². The Morgan fingerprint density at radius 3 is 2.84 bits per heavy atom. The van der Waals surface area contributed by atoms with Crippen molar-refractivity contribution in [3.8, 4) is 0 Å². The number of hydrogen-bond acceptors (Lipinski definition) is 8. The van der Waals surface area contributed by atoms with Crippen molar-refractivity contribution in [1.29, 1.82) is 0 Å². The van der Waals surface area contributed by atoms with Gasteiger partial charge in [0.2, 0.25) is 5.82 Å². The second kappa shape index (κ2) is 5.59. The highest BCUT2D eigenvalue weighted by atomic mass is 32.1. The molecule has 19 heavy (non-hydrogen) atoms. The molecule has 100 valence electrons. The van der Waals surface area contributed by atoms with Gasteiger partial charge in [0.1, 0.15) is 10.8 Å². The van der Waals surface area contributed by atoms with Crippen LogP contribution < -0.4 is 16.6 Å². The summed E-state index contributed by atoms with van der Waals surface area (Å²) in [6.07, 6.45) is 0. The fraction of sp³-hybridized carbons (Fsp3) is 0.200. The summed E-state index contributed by atoms with van der Waals surface area (Å²) < 4.78 is 0. The number of anilines is 2. The van der Waals surface area contributed by atoms with Gasteiger partial charge in [-0.3, -0.25) is 10.1 Å². The molecule has 2 heterocycles. The number of rotatable bonds is 5. The van der Waals surface area contributed by atoms with Crippen LogP contribution in [0.4, 0.5) is 17.3 Å². The number of nitrogens with zero attached hydrogens (tertiary/aromatic N) is 3. The van der Waals surface area contributed by atoms with Crippen molar-refractivity contribution >= 4 is 28.7 Å². The number of hydrogen-bond donors (Lipinski definition) is 3. The van der Waals surface area contributed by atoms with E-state index in [9.17, 15) is 10.1 Å². The second-order valence-electron chi connectivity index (χ2n) is 3.70. The van der Waals surface area contributed by atoms with Gasteiger partial charge in [0.15, 0.2) is 0 Å². The van der Waals surface area contributed by atoms with Crippen LogP contribution in [-0.2, 0) is 6.54 Å². The van der Waals surface area contributed by atoms with Crippen LogP contribution in [0.5, 0.6) is 0 Å². The average molecular weight is 280 g/mol. The van der Waals surface area contributed by atoms with Gasteiger partial charge >= 0.3 is 5.69 Å². The molecule has 0 amide bonds. The van der Waals surface area contributed by atoms with Gasteiger partial charge in [-0.1, -0.05) is 0 Å². The Morgan fingerprint density at radius 1 is 1.47 bits per heavy atom. The van der Waals surface area contributed by atoms with E-state index in [0.29, 0.717) is 12.4 Å². The third kappa shape index (κ3) is 3.14. The van der Waals surface area contributed by atoms with Crippen molar-refractivity contribution in [2.45, 2.75) is 13.5 Å². The molecule has 2 rings (SSSR count). The lowest BCUT2D eigenvalue weighted by Gasteiger charge is -2.06. The third-order valence-corrected chi connectivity index (χ3v) is 3.26. The highest BCUT2D eigenvalue weighted by Crippen LogP contribution is 2.24. The summed E-state index contributed by atoms with van der Waals surface area (Å²) in [7, 11) is 0. The SMILES string of the molecule is Cc1csc(CNc2nc(NN)ccc2[N+](=O)[O-])n1. The van der Waals surface area contributed by atoms with E-state index < -0.39 is 4.92 Å². The van der Waals surface area contributed by atoms with Gasteiger partial charge in [0.25, 0.3) is 0 Å². The predicted molar refractivity (Wildman–Crippen MR) is 72.9 cm³/mol. The first kappa shape index (κ1) is 13.2. The van der Waals surface area contributed by atoms with E-state index in [2.05, 4.69) is 20.7 Å². The van der Waals surface area contributed by atoms with E-state index in [1.165, 1.54) is 23.5 Å². The van der Waals surface area contributed by atoms with Gasteiger partial charge < -0.3 is 10.7 Å². The van der Waals surface area contributed by atoms with Crippen molar-refractivity contribution in [2.75, 3.05) is 10.7 Å². The number of nitrogens with one attached hydrogen (secondary N) is 2. The number of nitro groups is 1. The number of nitrogens with two attached hydrogens (primary N) is 1. The zero-order valence-electron chi connectivity index (χ0n) is 10.1. The van der Waals surface area contributed by atoms with Gasteiger partial charge in [-0.05, 0) is 13.0 Å². The van der Waals surface area contributed by atoms with Crippen LogP contribution in [0.1, 0.15) is 10.7 Å². The van der Waals surface area contributed by atoms with Gasteiger partial charge in [-0.2, -0.15) is 0 Å². The van der Waals surface area contributed by atoms with Gasteiger partial charge in [0, 0.05) is 17.1 Å². The van der Waals surface area contributed by atoms with Gasteiger partial charge in [-0.15, -0.1) is 11.3 Å². The fourth-order valence-electron chi connectivity index (χ4n) is 1.45. The quantitative estimate of drug-likeness (QED) is 0.433. The Bertz CT molecular complexity index is 599. The van der Waals surface area contributed by atoms with Gasteiger partial charge in [-0.25, -0.2) is 15.8 Å². The van der Waals surface area contributed by atoms with Crippen molar-refractivity contribution in [2.24, 2.45) is 5.84 Å². The molecule has 0 aromatic carbocycles. The van der Waals surface area contributed by atoms with Crippen molar-refractivity contribution in [3.05, 3.63) is 38.3 Å². The molecule has 0 bridgehead atoms. The van der Waals surface area contributed by atoms with Crippen LogP contribution in [0, 0.1) is 17.0 Å².